The average molecular weight is 279 g/mol. The standard InChI is InChI=1S/C18H21N3/c1-3-21(4-2)18-10-8-15(9-11-18)14-20-17-7-5-6-16(12-17)13-19/h5-12,20H,3-4,14H2,1-2H3. The van der Waals surface area contributed by atoms with Crippen molar-refractivity contribution in [3.8, 4) is 6.07 Å². The highest BCUT2D eigenvalue weighted by Crippen LogP contribution is 2.16. The van der Waals surface area contributed by atoms with Crippen molar-refractivity contribution in [3.63, 3.8) is 0 Å². The molecule has 0 radical (unpaired) electrons. The Morgan fingerprint density at radius 1 is 1.05 bits per heavy atom. The van der Waals surface area contributed by atoms with Gasteiger partial charge in [-0.2, -0.15) is 5.26 Å². The lowest BCUT2D eigenvalue weighted by Gasteiger charge is -2.21. The molecule has 0 bridgehead atoms. The van der Waals surface area contributed by atoms with Crippen molar-refractivity contribution < 1.29 is 0 Å². The summed E-state index contributed by atoms with van der Waals surface area (Å²) in [5, 5.41) is 12.2. The molecule has 1 N–H and O–H groups in total. The van der Waals surface area contributed by atoms with E-state index in [1.54, 1.807) is 0 Å². The summed E-state index contributed by atoms with van der Waals surface area (Å²) in [4.78, 5) is 2.33. The predicted molar refractivity (Wildman–Crippen MR) is 88.5 cm³/mol. The van der Waals surface area contributed by atoms with Crippen molar-refractivity contribution in [1.82, 2.24) is 0 Å². The normalized spacial score (nSPS) is 9.95. The Balaban J connectivity index is 1.99. The van der Waals surface area contributed by atoms with Gasteiger partial charge in [0.1, 0.15) is 0 Å². The van der Waals surface area contributed by atoms with Crippen molar-refractivity contribution in [1.29, 1.82) is 5.26 Å². The van der Waals surface area contributed by atoms with Crippen LogP contribution in [0.5, 0.6) is 0 Å². The lowest BCUT2D eigenvalue weighted by Crippen LogP contribution is -2.21. The largest absolute Gasteiger partial charge is 0.381 e. The van der Waals surface area contributed by atoms with Crippen molar-refractivity contribution in [2.24, 2.45) is 0 Å². The second-order valence-corrected chi connectivity index (χ2v) is 4.88. The molecule has 0 amide bonds. The molecule has 0 saturated carbocycles. The van der Waals surface area contributed by atoms with Gasteiger partial charge in [-0.15, -0.1) is 0 Å². The number of rotatable bonds is 6. The lowest BCUT2D eigenvalue weighted by molar-refractivity contribution is 0.865. The fourth-order valence-electron chi connectivity index (χ4n) is 2.32. The van der Waals surface area contributed by atoms with E-state index in [0.29, 0.717) is 5.56 Å². The molecule has 2 aromatic carbocycles. The number of hydrogen-bond acceptors (Lipinski definition) is 3. The molecule has 0 fully saturated rings. The molecule has 0 aromatic heterocycles. The highest BCUT2D eigenvalue weighted by Gasteiger charge is 2.01. The van der Waals surface area contributed by atoms with Gasteiger partial charge in [0.05, 0.1) is 11.6 Å². The molecule has 3 heteroatoms. The van der Waals surface area contributed by atoms with Crippen LogP contribution in [0.3, 0.4) is 0 Å². The third-order valence-corrected chi connectivity index (χ3v) is 3.55. The molecule has 0 aliphatic rings. The molecule has 0 saturated heterocycles. The van der Waals surface area contributed by atoms with Crippen molar-refractivity contribution >= 4 is 11.4 Å². The zero-order chi connectivity index (χ0) is 15.1. The quantitative estimate of drug-likeness (QED) is 0.868. The van der Waals surface area contributed by atoms with Crippen LogP contribution in [0.25, 0.3) is 0 Å². The Morgan fingerprint density at radius 3 is 2.38 bits per heavy atom. The summed E-state index contributed by atoms with van der Waals surface area (Å²) in [5.41, 5.74) is 4.14. The maximum Gasteiger partial charge on any atom is 0.0992 e. The topological polar surface area (TPSA) is 39.1 Å². The first kappa shape index (κ1) is 14.9. The maximum absolute atomic E-state index is 8.89. The first-order valence-electron chi connectivity index (χ1n) is 7.34. The van der Waals surface area contributed by atoms with E-state index in [0.717, 1.165) is 25.3 Å². The smallest absolute Gasteiger partial charge is 0.0992 e. The van der Waals surface area contributed by atoms with E-state index >= 15 is 0 Å². The zero-order valence-electron chi connectivity index (χ0n) is 12.6. The predicted octanol–water partition coefficient (Wildman–Crippen LogP) is 4.02. The third kappa shape index (κ3) is 4.00. The molecular weight excluding hydrogens is 258 g/mol. The summed E-state index contributed by atoms with van der Waals surface area (Å²) >= 11 is 0. The number of hydrogen-bond donors (Lipinski definition) is 1. The summed E-state index contributed by atoms with van der Waals surface area (Å²) in [5.74, 6) is 0. The van der Waals surface area contributed by atoms with E-state index in [1.165, 1.54) is 11.3 Å². The summed E-state index contributed by atoms with van der Waals surface area (Å²) in [6.45, 7) is 7.14. The van der Waals surface area contributed by atoms with Crippen LogP contribution in [0.2, 0.25) is 0 Å². The highest BCUT2D eigenvalue weighted by molar-refractivity contribution is 5.51. The van der Waals surface area contributed by atoms with Gasteiger partial charge >= 0.3 is 0 Å². The van der Waals surface area contributed by atoms with Crippen molar-refractivity contribution in [2.75, 3.05) is 23.3 Å². The summed E-state index contributed by atoms with van der Waals surface area (Å²) in [7, 11) is 0. The molecule has 21 heavy (non-hydrogen) atoms. The number of nitrogens with zero attached hydrogens (tertiary/aromatic N) is 2. The van der Waals surface area contributed by atoms with Crippen LogP contribution in [0.4, 0.5) is 11.4 Å². The van der Waals surface area contributed by atoms with Gasteiger partial charge in [-0.3, -0.25) is 0 Å². The van der Waals surface area contributed by atoms with E-state index in [2.05, 4.69) is 54.4 Å². The number of nitriles is 1. The number of benzene rings is 2. The summed E-state index contributed by atoms with van der Waals surface area (Å²) in [6, 6.07) is 18.3. The summed E-state index contributed by atoms with van der Waals surface area (Å²) in [6.07, 6.45) is 0. The minimum atomic E-state index is 0.678. The van der Waals surface area contributed by atoms with Crippen molar-refractivity contribution in [2.45, 2.75) is 20.4 Å². The highest BCUT2D eigenvalue weighted by atomic mass is 15.1. The molecule has 0 spiro atoms. The Hall–Kier alpha value is -2.47. The zero-order valence-corrected chi connectivity index (χ0v) is 12.6. The second-order valence-electron chi connectivity index (χ2n) is 4.88. The van der Waals surface area contributed by atoms with Gasteiger partial charge in [-0.1, -0.05) is 18.2 Å². The van der Waals surface area contributed by atoms with Gasteiger partial charge in [0.15, 0.2) is 0 Å². The maximum atomic E-state index is 8.89. The van der Waals surface area contributed by atoms with Gasteiger partial charge in [0.2, 0.25) is 0 Å². The molecular formula is C18H21N3. The molecule has 3 nitrogen and oxygen atoms in total. The Labute approximate surface area is 126 Å². The molecule has 0 aliphatic heterocycles. The minimum Gasteiger partial charge on any atom is -0.381 e. The molecule has 0 unspecified atom stereocenters. The molecule has 108 valence electrons. The number of anilines is 2. The first-order valence-corrected chi connectivity index (χ1v) is 7.34. The first-order chi connectivity index (χ1) is 10.3. The van der Waals surface area contributed by atoms with Crippen LogP contribution < -0.4 is 10.2 Å². The van der Waals surface area contributed by atoms with E-state index in [9.17, 15) is 0 Å². The Morgan fingerprint density at radius 2 is 1.76 bits per heavy atom. The van der Waals surface area contributed by atoms with E-state index in [1.807, 2.05) is 24.3 Å². The van der Waals surface area contributed by atoms with Crippen LogP contribution >= 0.6 is 0 Å². The van der Waals surface area contributed by atoms with Crippen LogP contribution in [0.1, 0.15) is 25.0 Å². The van der Waals surface area contributed by atoms with Crippen LogP contribution in [0.15, 0.2) is 48.5 Å². The van der Waals surface area contributed by atoms with Crippen LogP contribution in [-0.2, 0) is 6.54 Å². The minimum absolute atomic E-state index is 0.678. The molecule has 0 aliphatic carbocycles. The van der Waals surface area contributed by atoms with Gasteiger partial charge in [-0.25, -0.2) is 0 Å². The molecule has 0 heterocycles. The molecule has 2 aromatic rings. The fourth-order valence-corrected chi connectivity index (χ4v) is 2.32. The second kappa shape index (κ2) is 7.35. The lowest BCUT2D eigenvalue weighted by atomic mass is 10.1. The summed E-state index contributed by atoms with van der Waals surface area (Å²) < 4.78 is 0. The Kier molecular flexibility index (Phi) is 5.22. The van der Waals surface area contributed by atoms with Gasteiger partial charge < -0.3 is 10.2 Å². The average Bonchev–Trinajstić information content (AvgIpc) is 2.55. The molecule has 0 atom stereocenters. The molecule has 2 rings (SSSR count). The van der Waals surface area contributed by atoms with E-state index in [-0.39, 0.29) is 0 Å². The van der Waals surface area contributed by atoms with Crippen LogP contribution in [-0.4, -0.2) is 13.1 Å². The van der Waals surface area contributed by atoms with E-state index < -0.39 is 0 Å². The third-order valence-electron chi connectivity index (χ3n) is 3.55. The SMILES string of the molecule is CCN(CC)c1ccc(CNc2cccc(C#N)c2)cc1. The van der Waals surface area contributed by atoms with Crippen LogP contribution in [0, 0.1) is 11.3 Å². The van der Waals surface area contributed by atoms with Gasteiger partial charge in [0, 0.05) is 31.0 Å². The van der Waals surface area contributed by atoms with Gasteiger partial charge in [-0.05, 0) is 49.7 Å². The monoisotopic (exact) mass is 279 g/mol. The fraction of sp³-hybridized carbons (Fsp3) is 0.278. The Bertz CT molecular complexity index is 607. The number of nitrogens with one attached hydrogen (secondary N) is 1. The van der Waals surface area contributed by atoms with Crippen molar-refractivity contribution in [3.05, 3.63) is 59.7 Å². The van der Waals surface area contributed by atoms with E-state index in [4.69, 9.17) is 5.26 Å². The van der Waals surface area contributed by atoms with Gasteiger partial charge in [0.25, 0.3) is 0 Å².